The second-order valence-corrected chi connectivity index (χ2v) is 6.60. The van der Waals surface area contributed by atoms with Crippen molar-refractivity contribution in [2.45, 2.75) is 46.2 Å². The number of halogens is 1. The predicted octanol–water partition coefficient (Wildman–Crippen LogP) is 3.10. The Morgan fingerprint density at radius 3 is 2.43 bits per heavy atom. The number of guanidine groups is 1. The number of nitrogens with two attached hydrogens (primary N) is 1. The number of hydrogen-bond acceptors (Lipinski definition) is 2. The van der Waals surface area contributed by atoms with Gasteiger partial charge in [-0.1, -0.05) is 24.3 Å². The van der Waals surface area contributed by atoms with Gasteiger partial charge in [-0.25, -0.2) is 0 Å². The van der Waals surface area contributed by atoms with E-state index in [9.17, 15) is 0 Å². The highest BCUT2D eigenvalue weighted by Gasteiger charge is 2.29. The molecule has 1 aromatic rings. The minimum Gasteiger partial charge on any atom is -0.370 e. The molecule has 2 rings (SSSR count). The maximum Gasteiger partial charge on any atom is 0.191 e. The first kappa shape index (κ1) is 20.2. The van der Waals surface area contributed by atoms with Crippen molar-refractivity contribution in [1.82, 2.24) is 9.80 Å². The van der Waals surface area contributed by atoms with E-state index in [0.717, 1.165) is 39.1 Å². The number of benzene rings is 1. The maximum absolute atomic E-state index is 6.11. The van der Waals surface area contributed by atoms with Crippen LogP contribution in [0, 0.1) is 0 Å². The molecule has 0 saturated carbocycles. The van der Waals surface area contributed by atoms with E-state index >= 15 is 0 Å². The lowest BCUT2D eigenvalue weighted by atomic mass is 9.94. The Labute approximate surface area is 158 Å². The van der Waals surface area contributed by atoms with Crippen LogP contribution in [-0.2, 0) is 13.0 Å². The van der Waals surface area contributed by atoms with Crippen molar-refractivity contribution in [2.75, 3.05) is 26.2 Å². The molecule has 0 spiro atoms. The zero-order valence-corrected chi connectivity index (χ0v) is 17.2. The Kier molecular flexibility index (Phi) is 7.80. The van der Waals surface area contributed by atoms with Gasteiger partial charge in [-0.15, -0.1) is 24.0 Å². The van der Waals surface area contributed by atoms with Gasteiger partial charge in [0.15, 0.2) is 5.96 Å². The first-order chi connectivity index (χ1) is 10.5. The Morgan fingerprint density at radius 2 is 1.83 bits per heavy atom. The van der Waals surface area contributed by atoms with Gasteiger partial charge in [0.25, 0.3) is 0 Å². The molecule has 130 valence electrons. The molecule has 0 aromatic heterocycles. The van der Waals surface area contributed by atoms with Crippen molar-refractivity contribution in [2.24, 2.45) is 10.7 Å². The average molecular weight is 430 g/mol. The van der Waals surface area contributed by atoms with Crippen molar-refractivity contribution in [3.05, 3.63) is 35.4 Å². The number of aliphatic imine (C=N–C) groups is 1. The third kappa shape index (κ3) is 5.08. The van der Waals surface area contributed by atoms with Crippen LogP contribution in [0.3, 0.4) is 0 Å². The normalized spacial score (nSPS) is 15.7. The van der Waals surface area contributed by atoms with Crippen molar-refractivity contribution < 1.29 is 0 Å². The van der Waals surface area contributed by atoms with E-state index in [2.05, 4.69) is 66.8 Å². The maximum atomic E-state index is 6.11. The standard InChI is InChI=1S/C18H30N4.HI/c1-5-21(6-2)17(19)20-14-18(3,4)22-12-11-15-9-7-8-10-16(15)13-22;/h7-10H,5-6,11-14H2,1-4H3,(H2,19,20);1H. The molecule has 23 heavy (non-hydrogen) atoms. The molecule has 0 radical (unpaired) electrons. The quantitative estimate of drug-likeness (QED) is 0.444. The van der Waals surface area contributed by atoms with Crippen molar-refractivity contribution in [3.63, 3.8) is 0 Å². The molecule has 0 bridgehead atoms. The van der Waals surface area contributed by atoms with Gasteiger partial charge in [0.2, 0.25) is 0 Å². The molecular formula is C18H31IN4. The van der Waals surface area contributed by atoms with Crippen LogP contribution in [0.1, 0.15) is 38.8 Å². The highest BCUT2D eigenvalue weighted by Crippen LogP contribution is 2.25. The van der Waals surface area contributed by atoms with Crippen molar-refractivity contribution >= 4 is 29.9 Å². The van der Waals surface area contributed by atoms with Gasteiger partial charge >= 0.3 is 0 Å². The van der Waals surface area contributed by atoms with Crippen molar-refractivity contribution in [1.29, 1.82) is 0 Å². The van der Waals surface area contributed by atoms with Gasteiger partial charge in [0.05, 0.1) is 6.54 Å². The fourth-order valence-electron chi connectivity index (χ4n) is 3.03. The van der Waals surface area contributed by atoms with E-state index in [1.54, 1.807) is 0 Å². The number of fused-ring (bicyclic) bond motifs is 1. The van der Waals surface area contributed by atoms with Crippen LogP contribution in [-0.4, -0.2) is 47.5 Å². The molecule has 1 aromatic carbocycles. The van der Waals surface area contributed by atoms with E-state index in [1.807, 2.05) is 0 Å². The topological polar surface area (TPSA) is 44.9 Å². The molecule has 0 atom stereocenters. The largest absolute Gasteiger partial charge is 0.370 e. The third-order valence-electron chi connectivity index (χ3n) is 4.70. The van der Waals surface area contributed by atoms with Gasteiger partial charge in [-0.2, -0.15) is 0 Å². The van der Waals surface area contributed by atoms with E-state index in [1.165, 1.54) is 11.1 Å². The van der Waals surface area contributed by atoms with Crippen LogP contribution in [0.15, 0.2) is 29.3 Å². The molecule has 5 heteroatoms. The van der Waals surface area contributed by atoms with E-state index in [0.29, 0.717) is 5.96 Å². The molecule has 4 nitrogen and oxygen atoms in total. The molecule has 0 unspecified atom stereocenters. The number of hydrogen-bond donors (Lipinski definition) is 1. The zero-order valence-electron chi connectivity index (χ0n) is 14.9. The first-order valence-corrected chi connectivity index (χ1v) is 8.34. The Balaban J connectivity index is 0.00000264. The average Bonchev–Trinajstić information content (AvgIpc) is 2.53. The summed E-state index contributed by atoms with van der Waals surface area (Å²) < 4.78 is 0. The molecule has 0 aliphatic carbocycles. The van der Waals surface area contributed by atoms with E-state index in [4.69, 9.17) is 5.73 Å². The second kappa shape index (κ2) is 8.87. The lowest BCUT2D eigenvalue weighted by Gasteiger charge is -2.41. The summed E-state index contributed by atoms with van der Waals surface area (Å²) >= 11 is 0. The second-order valence-electron chi connectivity index (χ2n) is 6.60. The summed E-state index contributed by atoms with van der Waals surface area (Å²) in [6.45, 7) is 13.4. The molecule has 1 aliphatic heterocycles. The Morgan fingerprint density at radius 1 is 1.22 bits per heavy atom. The summed E-state index contributed by atoms with van der Waals surface area (Å²) in [5.74, 6) is 0.662. The molecule has 1 heterocycles. The summed E-state index contributed by atoms with van der Waals surface area (Å²) in [5, 5.41) is 0. The first-order valence-electron chi connectivity index (χ1n) is 8.34. The highest BCUT2D eigenvalue weighted by molar-refractivity contribution is 14.0. The number of nitrogens with zero attached hydrogens (tertiary/aromatic N) is 3. The lowest BCUT2D eigenvalue weighted by Crippen LogP contribution is -2.49. The minimum atomic E-state index is 0. The van der Waals surface area contributed by atoms with Crippen LogP contribution < -0.4 is 5.73 Å². The van der Waals surface area contributed by atoms with Gasteiger partial charge < -0.3 is 10.6 Å². The Bertz CT molecular complexity index is 524. The minimum absolute atomic E-state index is 0. The van der Waals surface area contributed by atoms with Crippen LogP contribution in [0.5, 0.6) is 0 Å². The molecule has 1 aliphatic rings. The summed E-state index contributed by atoms with van der Waals surface area (Å²) in [6.07, 6.45) is 1.12. The van der Waals surface area contributed by atoms with Gasteiger partial charge in [-0.3, -0.25) is 9.89 Å². The van der Waals surface area contributed by atoms with Gasteiger partial charge in [0.1, 0.15) is 0 Å². The molecule has 0 amide bonds. The summed E-state index contributed by atoms with van der Waals surface area (Å²) in [5.41, 5.74) is 9.06. The summed E-state index contributed by atoms with van der Waals surface area (Å²) in [4.78, 5) is 9.27. The lowest BCUT2D eigenvalue weighted by molar-refractivity contribution is 0.111. The summed E-state index contributed by atoms with van der Waals surface area (Å²) in [7, 11) is 0. The molecule has 2 N–H and O–H groups in total. The predicted molar refractivity (Wildman–Crippen MR) is 109 cm³/mol. The smallest absolute Gasteiger partial charge is 0.191 e. The van der Waals surface area contributed by atoms with Crippen LogP contribution in [0.4, 0.5) is 0 Å². The van der Waals surface area contributed by atoms with Crippen molar-refractivity contribution in [3.8, 4) is 0 Å². The van der Waals surface area contributed by atoms with Crippen LogP contribution >= 0.6 is 24.0 Å². The van der Waals surface area contributed by atoms with Crippen LogP contribution in [0.25, 0.3) is 0 Å². The Hall–Kier alpha value is -0.820. The molecule has 0 saturated heterocycles. The van der Waals surface area contributed by atoms with E-state index in [-0.39, 0.29) is 29.5 Å². The fraction of sp³-hybridized carbons (Fsp3) is 0.611. The van der Waals surface area contributed by atoms with Gasteiger partial charge in [-0.05, 0) is 45.2 Å². The fourth-order valence-corrected chi connectivity index (χ4v) is 3.03. The summed E-state index contributed by atoms with van der Waals surface area (Å²) in [6, 6.07) is 8.75. The SMILES string of the molecule is CCN(CC)C(N)=NCC(C)(C)N1CCc2ccccc2C1.I. The zero-order chi connectivity index (χ0) is 16.2. The van der Waals surface area contributed by atoms with Crippen LogP contribution in [0.2, 0.25) is 0 Å². The molecular weight excluding hydrogens is 399 g/mol. The third-order valence-corrected chi connectivity index (χ3v) is 4.70. The molecule has 0 fully saturated rings. The number of rotatable bonds is 5. The monoisotopic (exact) mass is 430 g/mol. The van der Waals surface area contributed by atoms with Gasteiger partial charge in [0, 0.05) is 31.7 Å². The van der Waals surface area contributed by atoms with E-state index < -0.39 is 0 Å². The highest BCUT2D eigenvalue weighted by atomic mass is 127.